The predicted octanol–water partition coefficient (Wildman–Crippen LogP) is 4.55. The van der Waals surface area contributed by atoms with E-state index in [4.69, 9.17) is 37.4 Å². The second-order valence-electron chi connectivity index (χ2n) is 5.46. The number of hydrogen-bond acceptors (Lipinski definition) is 5. The van der Waals surface area contributed by atoms with Gasteiger partial charge in [0.15, 0.2) is 17.2 Å². The number of aliphatic imine (C=N–C) groups is 1. The van der Waals surface area contributed by atoms with Crippen LogP contribution in [0, 0.1) is 0 Å². The number of carbonyl (C=O) groups excluding carboxylic acids is 1. The fourth-order valence-electron chi connectivity index (χ4n) is 2.45. The molecule has 7 heteroatoms. The summed E-state index contributed by atoms with van der Waals surface area (Å²) in [5.74, 6) is 1.03. The van der Waals surface area contributed by atoms with E-state index in [2.05, 4.69) is 4.99 Å². The molecule has 0 fully saturated rings. The van der Waals surface area contributed by atoms with Crippen LogP contribution in [0.15, 0.2) is 47.1 Å². The third-order valence-electron chi connectivity index (χ3n) is 3.72. The van der Waals surface area contributed by atoms with Gasteiger partial charge in [-0.25, -0.2) is 9.79 Å². The number of benzene rings is 2. The van der Waals surface area contributed by atoms with Crippen molar-refractivity contribution in [3.63, 3.8) is 0 Å². The molecule has 5 nitrogen and oxygen atoms in total. The first-order valence-electron chi connectivity index (χ1n) is 7.67. The Morgan fingerprint density at radius 3 is 2.50 bits per heavy atom. The van der Waals surface area contributed by atoms with Gasteiger partial charge >= 0.3 is 5.97 Å². The van der Waals surface area contributed by atoms with Crippen LogP contribution >= 0.6 is 23.2 Å². The summed E-state index contributed by atoms with van der Waals surface area (Å²) in [7, 11) is 3.13. The van der Waals surface area contributed by atoms with Crippen LogP contribution in [-0.2, 0) is 16.0 Å². The van der Waals surface area contributed by atoms with Crippen molar-refractivity contribution in [2.45, 2.75) is 6.42 Å². The molecule has 0 amide bonds. The number of carbonyl (C=O) groups is 1. The number of methoxy groups -OCH3 is 2. The number of hydrogen-bond donors (Lipinski definition) is 0. The summed E-state index contributed by atoms with van der Waals surface area (Å²) in [6.45, 7) is 0. The Morgan fingerprint density at radius 2 is 1.81 bits per heavy atom. The lowest BCUT2D eigenvalue weighted by Gasteiger charge is -2.09. The van der Waals surface area contributed by atoms with Crippen LogP contribution in [0.3, 0.4) is 0 Å². The van der Waals surface area contributed by atoms with Gasteiger partial charge < -0.3 is 14.2 Å². The average molecular weight is 392 g/mol. The van der Waals surface area contributed by atoms with Crippen molar-refractivity contribution in [3.05, 3.63) is 63.3 Å². The zero-order chi connectivity index (χ0) is 18.7. The summed E-state index contributed by atoms with van der Waals surface area (Å²) in [4.78, 5) is 16.3. The maximum atomic E-state index is 12.0. The molecule has 0 saturated carbocycles. The molecular weight excluding hydrogens is 377 g/mol. The largest absolute Gasteiger partial charge is 0.493 e. The molecular formula is C19H15Cl2NO4. The molecule has 0 radical (unpaired) electrons. The van der Waals surface area contributed by atoms with Crippen molar-refractivity contribution < 1.29 is 19.0 Å². The topological polar surface area (TPSA) is 57.1 Å². The average Bonchev–Trinajstić information content (AvgIpc) is 2.97. The molecule has 1 heterocycles. The highest BCUT2D eigenvalue weighted by atomic mass is 35.5. The van der Waals surface area contributed by atoms with Crippen LogP contribution in [0.25, 0.3) is 6.08 Å². The second-order valence-corrected chi connectivity index (χ2v) is 6.28. The van der Waals surface area contributed by atoms with Crippen molar-refractivity contribution >= 4 is 41.1 Å². The van der Waals surface area contributed by atoms with E-state index in [1.807, 2.05) is 12.1 Å². The Balaban J connectivity index is 1.82. The van der Waals surface area contributed by atoms with Gasteiger partial charge in [-0.2, -0.15) is 0 Å². The van der Waals surface area contributed by atoms with Gasteiger partial charge in [0.1, 0.15) is 0 Å². The SMILES string of the molecule is COc1ccc(CC2=N/C(=C/c3ccc(Cl)c(Cl)c3)C(=O)O2)cc1OC. The Kier molecular flexibility index (Phi) is 5.49. The Morgan fingerprint density at radius 1 is 1.04 bits per heavy atom. The highest BCUT2D eigenvalue weighted by Crippen LogP contribution is 2.29. The van der Waals surface area contributed by atoms with Crippen molar-refractivity contribution in [1.82, 2.24) is 0 Å². The normalized spacial score (nSPS) is 15.0. The zero-order valence-electron chi connectivity index (χ0n) is 14.1. The van der Waals surface area contributed by atoms with Crippen LogP contribution < -0.4 is 9.47 Å². The minimum absolute atomic E-state index is 0.207. The fraction of sp³-hybridized carbons (Fsp3) is 0.158. The van der Waals surface area contributed by atoms with Crippen molar-refractivity contribution in [2.24, 2.45) is 4.99 Å². The molecule has 26 heavy (non-hydrogen) atoms. The summed E-state index contributed by atoms with van der Waals surface area (Å²) in [5.41, 5.74) is 1.80. The van der Waals surface area contributed by atoms with Gasteiger partial charge in [0.05, 0.1) is 24.3 Å². The number of ether oxygens (including phenoxy) is 3. The van der Waals surface area contributed by atoms with Gasteiger partial charge in [0.25, 0.3) is 0 Å². The molecule has 0 aliphatic carbocycles. The van der Waals surface area contributed by atoms with Gasteiger partial charge in [0.2, 0.25) is 5.90 Å². The summed E-state index contributed by atoms with van der Waals surface area (Å²) in [6.07, 6.45) is 1.96. The second kappa shape index (κ2) is 7.81. The van der Waals surface area contributed by atoms with Gasteiger partial charge in [-0.05, 0) is 41.5 Å². The molecule has 2 aromatic carbocycles. The smallest absolute Gasteiger partial charge is 0.363 e. The maximum Gasteiger partial charge on any atom is 0.363 e. The summed E-state index contributed by atoms with van der Waals surface area (Å²) >= 11 is 11.9. The molecule has 2 aromatic rings. The molecule has 0 aromatic heterocycles. The van der Waals surface area contributed by atoms with Gasteiger partial charge in [-0.1, -0.05) is 35.3 Å². The lowest BCUT2D eigenvalue weighted by molar-refractivity contribution is -0.130. The zero-order valence-corrected chi connectivity index (χ0v) is 15.6. The number of esters is 1. The van der Waals surface area contributed by atoms with Gasteiger partial charge in [-0.3, -0.25) is 0 Å². The fourth-order valence-corrected chi connectivity index (χ4v) is 2.76. The molecule has 1 aliphatic rings. The van der Waals surface area contributed by atoms with Crippen LogP contribution in [0.4, 0.5) is 0 Å². The van der Waals surface area contributed by atoms with Crippen LogP contribution in [-0.4, -0.2) is 26.1 Å². The van der Waals surface area contributed by atoms with E-state index in [0.717, 1.165) is 5.56 Å². The summed E-state index contributed by atoms with van der Waals surface area (Å²) in [5, 5.41) is 0.849. The highest BCUT2D eigenvalue weighted by Gasteiger charge is 2.23. The van der Waals surface area contributed by atoms with Crippen molar-refractivity contribution in [3.8, 4) is 11.5 Å². The molecule has 0 unspecified atom stereocenters. The number of halogens is 2. The quantitative estimate of drug-likeness (QED) is 0.554. The minimum Gasteiger partial charge on any atom is -0.493 e. The Hall–Kier alpha value is -2.50. The third kappa shape index (κ3) is 4.00. The van der Waals surface area contributed by atoms with E-state index >= 15 is 0 Å². The van der Waals surface area contributed by atoms with Crippen LogP contribution in [0.1, 0.15) is 11.1 Å². The van der Waals surface area contributed by atoms with E-state index < -0.39 is 5.97 Å². The van der Waals surface area contributed by atoms with Crippen LogP contribution in [0.5, 0.6) is 11.5 Å². The van der Waals surface area contributed by atoms with Gasteiger partial charge in [0, 0.05) is 6.42 Å². The van der Waals surface area contributed by atoms with Crippen LogP contribution in [0.2, 0.25) is 10.0 Å². The molecule has 0 bridgehead atoms. The lowest BCUT2D eigenvalue weighted by atomic mass is 10.1. The van der Waals surface area contributed by atoms with E-state index in [1.165, 1.54) is 0 Å². The first-order valence-corrected chi connectivity index (χ1v) is 8.43. The molecule has 0 saturated heterocycles. The van der Waals surface area contributed by atoms with Crippen molar-refractivity contribution in [2.75, 3.05) is 14.2 Å². The van der Waals surface area contributed by atoms with E-state index in [1.54, 1.807) is 44.6 Å². The Bertz CT molecular complexity index is 922. The lowest BCUT2D eigenvalue weighted by Crippen LogP contribution is -2.07. The van der Waals surface area contributed by atoms with E-state index in [-0.39, 0.29) is 5.70 Å². The molecule has 134 valence electrons. The molecule has 0 N–H and O–H groups in total. The third-order valence-corrected chi connectivity index (χ3v) is 4.45. The number of nitrogens with zero attached hydrogens (tertiary/aromatic N) is 1. The molecule has 0 atom stereocenters. The van der Waals surface area contributed by atoms with E-state index in [9.17, 15) is 4.79 Å². The number of cyclic esters (lactones) is 1. The maximum absolute atomic E-state index is 12.0. The Labute approximate surface area is 160 Å². The first kappa shape index (κ1) is 18.3. The standard InChI is InChI=1S/C19H15Cl2NO4/c1-24-16-6-4-12(9-17(16)25-2)10-18-22-15(19(23)26-18)8-11-3-5-13(20)14(21)7-11/h3-9H,10H2,1-2H3/b15-8+. The molecule has 0 spiro atoms. The van der Waals surface area contributed by atoms with E-state index in [0.29, 0.717) is 39.4 Å². The van der Waals surface area contributed by atoms with Crippen molar-refractivity contribution in [1.29, 1.82) is 0 Å². The molecule has 3 rings (SSSR count). The summed E-state index contributed by atoms with van der Waals surface area (Å²) < 4.78 is 15.7. The molecule has 1 aliphatic heterocycles. The predicted molar refractivity (Wildman–Crippen MR) is 101 cm³/mol. The minimum atomic E-state index is -0.508. The number of rotatable bonds is 5. The first-order chi connectivity index (χ1) is 12.5. The summed E-state index contributed by atoms with van der Waals surface area (Å²) in [6, 6.07) is 10.5. The van der Waals surface area contributed by atoms with Gasteiger partial charge in [-0.15, -0.1) is 0 Å². The highest BCUT2D eigenvalue weighted by molar-refractivity contribution is 6.42. The monoisotopic (exact) mass is 391 g/mol.